The Balaban J connectivity index is 5.60. The first-order valence-corrected chi connectivity index (χ1v) is 12.9. The molecule has 0 aliphatic carbocycles. The second-order valence-corrected chi connectivity index (χ2v) is 9.31. The van der Waals surface area contributed by atoms with Crippen LogP contribution in [-0.4, -0.2) is 88.7 Å². The predicted molar refractivity (Wildman–Crippen MR) is 135 cm³/mol. The van der Waals surface area contributed by atoms with Crippen molar-refractivity contribution in [3.8, 4) is 0 Å². The lowest BCUT2D eigenvalue weighted by Gasteiger charge is -2.26. The van der Waals surface area contributed by atoms with Crippen LogP contribution >= 0.6 is 11.8 Å². The van der Waals surface area contributed by atoms with Gasteiger partial charge >= 0.3 is 5.97 Å². The molecule has 0 aromatic rings. The van der Waals surface area contributed by atoms with E-state index in [1.807, 2.05) is 13.2 Å². The van der Waals surface area contributed by atoms with Gasteiger partial charge in [-0.3, -0.25) is 19.4 Å². The molecule has 6 unspecified atom stereocenters. The van der Waals surface area contributed by atoms with E-state index >= 15 is 0 Å². The normalized spacial score (nSPS) is 16.1. The highest BCUT2D eigenvalue weighted by Crippen LogP contribution is 2.10. The number of rotatable bonds is 17. The van der Waals surface area contributed by atoms with Crippen molar-refractivity contribution >= 4 is 41.4 Å². The largest absolute Gasteiger partial charge is 0.480 e. The number of nitrogens with one attached hydrogen (secondary N) is 3. The van der Waals surface area contributed by atoms with Gasteiger partial charge in [-0.15, -0.1) is 0 Å². The Kier molecular flexibility index (Phi) is 15.7. The second kappa shape index (κ2) is 16.9. The van der Waals surface area contributed by atoms with Crippen LogP contribution in [0.4, 0.5) is 0 Å². The first-order valence-electron chi connectivity index (χ1n) is 11.5. The van der Waals surface area contributed by atoms with E-state index in [1.54, 1.807) is 6.92 Å². The number of carbonyl (C=O) groups excluding carboxylic acids is 3. The third kappa shape index (κ3) is 12.6. The summed E-state index contributed by atoms with van der Waals surface area (Å²) in [4.78, 5) is 53.8. The molecule has 0 spiro atoms. The van der Waals surface area contributed by atoms with E-state index in [4.69, 9.17) is 17.2 Å². The van der Waals surface area contributed by atoms with Crippen LogP contribution in [0.3, 0.4) is 0 Å². The summed E-state index contributed by atoms with van der Waals surface area (Å²) in [5, 5.41) is 26.7. The minimum atomic E-state index is -1.26. The van der Waals surface area contributed by atoms with E-state index < -0.39 is 54.0 Å². The molecular formula is C21H41N7O6S. The fourth-order valence-electron chi connectivity index (χ4n) is 2.97. The minimum Gasteiger partial charge on any atom is -0.480 e. The smallest absolute Gasteiger partial charge is 0.326 e. The number of guanidine groups is 1. The highest BCUT2D eigenvalue weighted by atomic mass is 32.2. The highest BCUT2D eigenvalue weighted by Gasteiger charge is 2.32. The zero-order valence-electron chi connectivity index (χ0n) is 20.8. The van der Waals surface area contributed by atoms with Crippen molar-refractivity contribution in [3.05, 3.63) is 0 Å². The zero-order chi connectivity index (χ0) is 27.1. The van der Waals surface area contributed by atoms with Gasteiger partial charge in [0.15, 0.2) is 5.96 Å². The second-order valence-electron chi connectivity index (χ2n) is 8.33. The summed E-state index contributed by atoms with van der Waals surface area (Å²) in [5.41, 5.74) is 16.3. The number of aliphatic hydroxyl groups is 1. The fourth-order valence-corrected chi connectivity index (χ4v) is 3.44. The summed E-state index contributed by atoms with van der Waals surface area (Å²) < 4.78 is 0. The Labute approximate surface area is 210 Å². The molecule has 11 N–H and O–H groups in total. The van der Waals surface area contributed by atoms with Gasteiger partial charge < -0.3 is 43.4 Å². The van der Waals surface area contributed by atoms with Gasteiger partial charge in [-0.05, 0) is 44.1 Å². The topological polar surface area (TPSA) is 235 Å². The Hall–Kier alpha value is -2.58. The molecule has 202 valence electrons. The number of aliphatic hydroxyl groups excluding tert-OH is 1. The van der Waals surface area contributed by atoms with E-state index in [0.29, 0.717) is 18.6 Å². The maximum Gasteiger partial charge on any atom is 0.326 e. The highest BCUT2D eigenvalue weighted by molar-refractivity contribution is 7.98. The van der Waals surface area contributed by atoms with Crippen LogP contribution in [-0.2, 0) is 19.2 Å². The van der Waals surface area contributed by atoms with Gasteiger partial charge in [0.25, 0.3) is 0 Å². The standard InChI is InChI=1S/C21H41N7O6S/c1-5-11(2)16(20(33)34)28-18(31)14(8-10-35-4)26-17(30)13(7-6-9-25-21(23)24)27-19(32)15(22)12(3)29/h11-16,29H,5-10,22H2,1-4H3,(H,26,30)(H,27,32)(H,28,31)(H,33,34)(H4,23,24,25). The Morgan fingerprint density at radius 2 is 1.51 bits per heavy atom. The van der Waals surface area contributed by atoms with Crippen LogP contribution in [0.15, 0.2) is 4.99 Å². The first kappa shape index (κ1) is 32.4. The van der Waals surface area contributed by atoms with Crippen molar-refractivity contribution in [3.63, 3.8) is 0 Å². The third-order valence-electron chi connectivity index (χ3n) is 5.42. The summed E-state index contributed by atoms with van der Waals surface area (Å²) in [6, 6.07) is -4.48. The number of nitrogens with zero attached hydrogens (tertiary/aromatic N) is 1. The number of carboxylic acids is 1. The van der Waals surface area contributed by atoms with Gasteiger partial charge in [-0.2, -0.15) is 11.8 Å². The maximum atomic E-state index is 13.1. The summed E-state index contributed by atoms with van der Waals surface area (Å²) in [7, 11) is 0. The van der Waals surface area contributed by atoms with Crippen LogP contribution in [0.25, 0.3) is 0 Å². The lowest BCUT2D eigenvalue weighted by Crippen LogP contribution is -2.58. The van der Waals surface area contributed by atoms with Gasteiger partial charge in [0.05, 0.1) is 6.10 Å². The summed E-state index contributed by atoms with van der Waals surface area (Å²) in [6.07, 6.45) is 1.92. The SMILES string of the molecule is CCC(C)C(NC(=O)C(CCSC)NC(=O)C(CCCN=C(N)N)NC(=O)C(N)C(C)O)C(=O)O. The molecular weight excluding hydrogens is 478 g/mol. The van der Waals surface area contributed by atoms with E-state index in [1.165, 1.54) is 18.7 Å². The molecule has 0 aromatic carbocycles. The molecule has 0 radical (unpaired) electrons. The quantitative estimate of drug-likeness (QED) is 0.0602. The van der Waals surface area contributed by atoms with Gasteiger partial charge in [0.1, 0.15) is 24.2 Å². The molecule has 14 heteroatoms. The summed E-state index contributed by atoms with van der Waals surface area (Å²) in [6.45, 7) is 5.07. The first-order chi connectivity index (χ1) is 16.3. The van der Waals surface area contributed by atoms with E-state index in [-0.39, 0.29) is 31.3 Å². The number of aliphatic imine (C=N–C) groups is 1. The molecule has 0 bridgehead atoms. The zero-order valence-corrected chi connectivity index (χ0v) is 21.6. The fraction of sp³-hybridized carbons (Fsp3) is 0.762. The molecule has 0 heterocycles. The number of aliphatic carboxylic acids is 1. The molecule has 0 saturated heterocycles. The average Bonchev–Trinajstić information content (AvgIpc) is 2.79. The lowest BCUT2D eigenvalue weighted by atomic mass is 9.98. The van der Waals surface area contributed by atoms with Crippen LogP contribution in [0.5, 0.6) is 0 Å². The van der Waals surface area contributed by atoms with Crippen LogP contribution in [0.2, 0.25) is 0 Å². The summed E-state index contributed by atoms with van der Waals surface area (Å²) in [5.74, 6) is -3.11. The maximum absolute atomic E-state index is 13.1. The number of hydrogen-bond acceptors (Lipinski definition) is 8. The monoisotopic (exact) mass is 519 g/mol. The molecule has 0 aliphatic rings. The number of nitrogens with two attached hydrogens (primary N) is 3. The van der Waals surface area contributed by atoms with Crippen molar-refractivity contribution in [2.24, 2.45) is 28.1 Å². The van der Waals surface area contributed by atoms with Gasteiger partial charge in [-0.1, -0.05) is 20.3 Å². The molecule has 0 rings (SSSR count). The van der Waals surface area contributed by atoms with Crippen molar-refractivity contribution in [1.82, 2.24) is 16.0 Å². The number of thioether (sulfide) groups is 1. The molecule has 0 aliphatic heterocycles. The van der Waals surface area contributed by atoms with Crippen LogP contribution in [0, 0.1) is 5.92 Å². The molecule has 35 heavy (non-hydrogen) atoms. The summed E-state index contributed by atoms with van der Waals surface area (Å²) >= 11 is 1.46. The third-order valence-corrected chi connectivity index (χ3v) is 6.07. The van der Waals surface area contributed by atoms with Crippen LogP contribution in [0.1, 0.15) is 46.5 Å². The van der Waals surface area contributed by atoms with Gasteiger partial charge in [-0.25, -0.2) is 4.79 Å². The van der Waals surface area contributed by atoms with Crippen molar-refractivity contribution < 1.29 is 29.4 Å². The Bertz CT molecular complexity index is 733. The Morgan fingerprint density at radius 3 is 2.00 bits per heavy atom. The van der Waals surface area contributed by atoms with E-state index in [0.717, 1.165) is 0 Å². The molecule has 0 saturated carbocycles. The van der Waals surface area contributed by atoms with E-state index in [9.17, 15) is 29.4 Å². The lowest BCUT2D eigenvalue weighted by molar-refractivity contribution is -0.143. The van der Waals surface area contributed by atoms with Crippen LogP contribution < -0.4 is 33.2 Å². The predicted octanol–water partition coefficient (Wildman–Crippen LogP) is -1.91. The van der Waals surface area contributed by atoms with Crippen molar-refractivity contribution in [2.45, 2.75) is 76.7 Å². The number of carbonyl (C=O) groups is 4. The van der Waals surface area contributed by atoms with E-state index in [2.05, 4.69) is 20.9 Å². The molecule has 3 amide bonds. The molecule has 6 atom stereocenters. The number of hydrogen-bond donors (Lipinski definition) is 8. The van der Waals surface area contributed by atoms with Gasteiger partial charge in [0, 0.05) is 6.54 Å². The van der Waals surface area contributed by atoms with Crippen molar-refractivity contribution in [1.29, 1.82) is 0 Å². The average molecular weight is 520 g/mol. The molecule has 13 nitrogen and oxygen atoms in total. The molecule has 0 fully saturated rings. The van der Waals surface area contributed by atoms with Crippen molar-refractivity contribution in [2.75, 3.05) is 18.6 Å². The number of carboxylic acid groups (broad SMARTS) is 1. The minimum absolute atomic E-state index is 0.116. The Morgan fingerprint density at radius 1 is 0.971 bits per heavy atom. The molecule has 0 aromatic heterocycles. The van der Waals surface area contributed by atoms with Gasteiger partial charge in [0.2, 0.25) is 17.7 Å². The number of amides is 3.